The van der Waals surface area contributed by atoms with E-state index in [1.54, 1.807) is 9.80 Å². The number of rotatable bonds is 5. The summed E-state index contributed by atoms with van der Waals surface area (Å²) in [5, 5.41) is 10.8. The third-order valence-corrected chi connectivity index (χ3v) is 6.96. The highest BCUT2D eigenvalue weighted by Crippen LogP contribution is 2.38. The van der Waals surface area contributed by atoms with Gasteiger partial charge >= 0.3 is 0 Å². The normalized spacial score (nSPS) is 22.8. The Labute approximate surface area is 186 Å². The third-order valence-electron chi connectivity index (χ3n) is 6.96. The van der Waals surface area contributed by atoms with E-state index in [0.29, 0.717) is 45.0 Å². The van der Waals surface area contributed by atoms with Crippen molar-refractivity contribution < 1.29 is 14.3 Å². The first-order valence-corrected chi connectivity index (χ1v) is 11.3. The second kappa shape index (κ2) is 8.06. The molecule has 1 aliphatic carbocycles. The molecule has 2 fully saturated rings. The maximum Gasteiger partial charge on any atom is 0.243 e. The number of nitrogens with one attached hydrogen (secondary N) is 1. The van der Waals surface area contributed by atoms with Crippen LogP contribution in [-0.4, -0.2) is 59.5 Å². The van der Waals surface area contributed by atoms with Crippen LogP contribution in [0.1, 0.15) is 38.2 Å². The number of pyridine rings is 1. The lowest BCUT2D eigenvalue weighted by Gasteiger charge is -2.38. The van der Waals surface area contributed by atoms with Crippen molar-refractivity contribution in [2.24, 2.45) is 11.3 Å². The number of ether oxygens (including phenoxy) is 1. The van der Waals surface area contributed by atoms with Gasteiger partial charge in [0.1, 0.15) is 16.9 Å². The number of hydrogen-bond donors (Lipinski definition) is 1. The molecule has 8 heteroatoms. The van der Waals surface area contributed by atoms with Crippen molar-refractivity contribution in [3.05, 3.63) is 30.0 Å². The molecule has 8 nitrogen and oxygen atoms in total. The second-order valence-electron chi connectivity index (χ2n) is 9.09. The predicted octanol–water partition coefficient (Wildman–Crippen LogP) is 2.87. The van der Waals surface area contributed by atoms with Crippen LogP contribution in [0.3, 0.4) is 0 Å². The van der Waals surface area contributed by atoms with E-state index in [4.69, 9.17) is 4.74 Å². The molecule has 5 rings (SSSR count). The molecule has 32 heavy (non-hydrogen) atoms. The quantitative estimate of drug-likeness (QED) is 0.731. The van der Waals surface area contributed by atoms with E-state index in [0.717, 1.165) is 41.4 Å². The van der Waals surface area contributed by atoms with Gasteiger partial charge in [0.25, 0.3) is 0 Å². The molecule has 1 N–H and O–H groups in total. The van der Waals surface area contributed by atoms with Crippen molar-refractivity contribution in [1.29, 1.82) is 5.26 Å². The van der Waals surface area contributed by atoms with Crippen LogP contribution in [0.15, 0.2) is 24.4 Å². The Morgan fingerprint density at radius 1 is 1.41 bits per heavy atom. The van der Waals surface area contributed by atoms with Crippen molar-refractivity contribution in [2.45, 2.75) is 38.6 Å². The summed E-state index contributed by atoms with van der Waals surface area (Å²) in [6.07, 6.45) is 7.71. The van der Waals surface area contributed by atoms with Crippen LogP contribution in [0.2, 0.25) is 0 Å². The van der Waals surface area contributed by atoms with Gasteiger partial charge in [-0.2, -0.15) is 5.26 Å². The Kier molecular flexibility index (Phi) is 5.22. The molecule has 0 bridgehead atoms. The molecule has 166 valence electrons. The topological polar surface area (TPSA) is 102 Å². The number of nitriles is 1. The Bertz CT molecular complexity index is 1120. The number of anilines is 1. The van der Waals surface area contributed by atoms with E-state index in [-0.39, 0.29) is 17.9 Å². The average Bonchev–Trinajstić information content (AvgIpc) is 3.54. The maximum atomic E-state index is 13.3. The number of amides is 2. The zero-order valence-electron chi connectivity index (χ0n) is 18.2. The number of nitrogens with zero attached hydrogens (tertiary/aromatic N) is 4. The van der Waals surface area contributed by atoms with Crippen molar-refractivity contribution in [3.63, 3.8) is 0 Å². The van der Waals surface area contributed by atoms with Gasteiger partial charge in [0, 0.05) is 43.9 Å². The van der Waals surface area contributed by atoms with Crippen molar-refractivity contribution in [1.82, 2.24) is 14.9 Å². The monoisotopic (exact) mass is 433 g/mol. The van der Waals surface area contributed by atoms with Crippen LogP contribution in [0.4, 0.5) is 5.82 Å². The molecule has 2 aromatic rings. The molecular weight excluding hydrogens is 406 g/mol. The highest BCUT2D eigenvalue weighted by atomic mass is 16.5. The van der Waals surface area contributed by atoms with Gasteiger partial charge in [-0.05, 0) is 54.9 Å². The summed E-state index contributed by atoms with van der Waals surface area (Å²) in [7, 11) is 0. The predicted molar refractivity (Wildman–Crippen MR) is 119 cm³/mol. The summed E-state index contributed by atoms with van der Waals surface area (Å²) in [4.78, 5) is 36.4. The minimum atomic E-state index is -0.976. The Morgan fingerprint density at radius 3 is 2.84 bits per heavy atom. The summed E-state index contributed by atoms with van der Waals surface area (Å²) in [5.74, 6) is 0.653. The van der Waals surface area contributed by atoms with Gasteiger partial charge in [-0.25, -0.2) is 4.98 Å². The van der Waals surface area contributed by atoms with Gasteiger partial charge in [0.05, 0.1) is 6.07 Å². The van der Waals surface area contributed by atoms with E-state index < -0.39 is 5.41 Å². The molecule has 0 radical (unpaired) electrons. The zero-order chi connectivity index (χ0) is 22.3. The lowest BCUT2D eigenvalue weighted by atomic mass is 9.79. The number of aromatic nitrogens is 2. The summed E-state index contributed by atoms with van der Waals surface area (Å²) in [6.45, 7) is 4.02. The van der Waals surface area contributed by atoms with Crippen LogP contribution in [0, 0.1) is 22.7 Å². The fourth-order valence-corrected chi connectivity index (χ4v) is 4.93. The van der Waals surface area contributed by atoms with Crippen molar-refractivity contribution in [2.75, 3.05) is 31.2 Å². The maximum absolute atomic E-state index is 13.3. The molecule has 1 saturated carbocycles. The molecule has 0 aromatic carbocycles. The summed E-state index contributed by atoms with van der Waals surface area (Å²) < 4.78 is 5.38. The molecular formula is C24H27N5O3. The summed E-state index contributed by atoms with van der Waals surface area (Å²) in [5.41, 5.74) is 1.96. The number of fused-ring (bicyclic) bond motifs is 1. The van der Waals surface area contributed by atoms with Crippen molar-refractivity contribution >= 4 is 34.7 Å². The lowest BCUT2D eigenvalue weighted by molar-refractivity contribution is -0.143. The zero-order valence-corrected chi connectivity index (χ0v) is 18.2. The first-order valence-electron chi connectivity index (χ1n) is 11.3. The number of H-pyrrole nitrogens is 1. The average molecular weight is 434 g/mol. The highest BCUT2D eigenvalue weighted by Gasteiger charge is 2.44. The van der Waals surface area contributed by atoms with Crippen LogP contribution in [-0.2, 0) is 14.3 Å². The standard InChI is InChI=1S/C24H27N5O3/c1-16-13-28(23(31)24(14-25)6-10-32-11-7-24)9-5-18(16)20-12-21(29(15-30)17-2-3-17)27-22-19(20)4-8-26-22/h4-5,8,12,15-17H,2-3,6-7,9-11,13H2,1H3,(H,26,27)/t16-/m1/s1. The summed E-state index contributed by atoms with van der Waals surface area (Å²) >= 11 is 0. The second-order valence-corrected chi connectivity index (χ2v) is 9.09. The Morgan fingerprint density at radius 2 is 2.19 bits per heavy atom. The smallest absolute Gasteiger partial charge is 0.243 e. The SMILES string of the molecule is C[C@@H]1CN(C(=O)C2(C#N)CCOCC2)CC=C1c1cc(N(C=O)C2CC2)nc2[nH]ccc12. The first kappa shape index (κ1) is 20.7. The van der Waals surface area contributed by atoms with Gasteiger partial charge in [-0.3, -0.25) is 14.5 Å². The van der Waals surface area contributed by atoms with Crippen LogP contribution < -0.4 is 4.90 Å². The van der Waals surface area contributed by atoms with Crippen LogP contribution in [0.25, 0.3) is 16.6 Å². The Hall–Kier alpha value is -3.18. The Balaban J connectivity index is 1.46. The fourth-order valence-electron chi connectivity index (χ4n) is 4.93. The molecule has 2 aromatic heterocycles. The molecule has 1 atom stereocenters. The fraction of sp³-hybridized carbons (Fsp3) is 0.500. The van der Waals surface area contributed by atoms with Gasteiger partial charge in [-0.1, -0.05) is 13.0 Å². The van der Waals surface area contributed by atoms with Crippen LogP contribution >= 0.6 is 0 Å². The van der Waals surface area contributed by atoms with E-state index in [1.165, 1.54) is 0 Å². The molecule has 2 aliphatic heterocycles. The highest BCUT2D eigenvalue weighted by molar-refractivity contribution is 5.94. The largest absolute Gasteiger partial charge is 0.381 e. The molecule has 1 saturated heterocycles. The van der Waals surface area contributed by atoms with Gasteiger partial charge in [0.2, 0.25) is 12.3 Å². The number of hydrogen-bond acceptors (Lipinski definition) is 5. The minimum Gasteiger partial charge on any atom is -0.381 e. The van der Waals surface area contributed by atoms with Gasteiger partial charge in [-0.15, -0.1) is 0 Å². The molecule has 3 aliphatic rings. The first-order chi connectivity index (χ1) is 15.6. The molecule has 0 unspecified atom stereocenters. The molecule has 2 amide bonds. The lowest BCUT2D eigenvalue weighted by Crippen LogP contribution is -2.48. The third kappa shape index (κ3) is 3.47. The van der Waals surface area contributed by atoms with E-state index in [1.807, 2.05) is 18.3 Å². The van der Waals surface area contributed by atoms with Gasteiger partial charge in [0.15, 0.2) is 0 Å². The summed E-state index contributed by atoms with van der Waals surface area (Å²) in [6, 6.07) is 6.52. The van der Waals surface area contributed by atoms with Crippen molar-refractivity contribution in [3.8, 4) is 6.07 Å². The van der Waals surface area contributed by atoms with E-state index in [9.17, 15) is 14.9 Å². The number of carbonyl (C=O) groups is 2. The van der Waals surface area contributed by atoms with E-state index >= 15 is 0 Å². The molecule has 0 spiro atoms. The van der Waals surface area contributed by atoms with Gasteiger partial charge < -0.3 is 14.6 Å². The number of aromatic amines is 1. The van der Waals surface area contributed by atoms with Crippen LogP contribution in [0.5, 0.6) is 0 Å². The van der Waals surface area contributed by atoms with E-state index in [2.05, 4.69) is 29.0 Å². The minimum absolute atomic E-state index is 0.0854. The molecule has 4 heterocycles. The number of carbonyl (C=O) groups excluding carboxylic acids is 2.